The summed E-state index contributed by atoms with van der Waals surface area (Å²) >= 11 is 2.41. The molecule has 0 spiro atoms. The molecule has 0 amide bonds. The predicted octanol–water partition coefficient (Wildman–Crippen LogP) is 1.05. The van der Waals surface area contributed by atoms with Gasteiger partial charge in [0.15, 0.2) is 0 Å². The number of rotatable bonds is 7. The number of methoxy groups -OCH3 is 1. The number of sulfonamides is 1. The molecule has 2 rings (SSSR count). The molecule has 0 radical (unpaired) electrons. The number of hydrogen-bond donors (Lipinski definition) is 2. The third-order valence-corrected chi connectivity index (χ3v) is 5.56. The zero-order valence-corrected chi connectivity index (χ0v) is 13.1. The number of anilines is 1. The minimum atomic E-state index is -3.62. The fourth-order valence-electron chi connectivity index (χ4n) is 1.39. The van der Waals surface area contributed by atoms with E-state index in [4.69, 9.17) is 9.88 Å². The van der Waals surface area contributed by atoms with E-state index in [1.165, 1.54) is 17.6 Å². The van der Waals surface area contributed by atoms with Crippen LogP contribution in [0.2, 0.25) is 0 Å². The van der Waals surface area contributed by atoms with Gasteiger partial charge in [0.1, 0.15) is 10.0 Å². The fraction of sp³-hybridized carbons (Fsp3) is 0.400. The van der Waals surface area contributed by atoms with Gasteiger partial charge >= 0.3 is 0 Å². The highest BCUT2D eigenvalue weighted by molar-refractivity contribution is 7.91. The number of nitrogens with two attached hydrogens (primary N) is 1. The first-order valence-corrected chi connectivity index (χ1v) is 8.79. The largest absolute Gasteiger partial charge is 0.384 e. The van der Waals surface area contributed by atoms with E-state index >= 15 is 0 Å². The maximum absolute atomic E-state index is 11.2. The van der Waals surface area contributed by atoms with Crippen molar-refractivity contribution in [2.24, 2.45) is 5.14 Å². The van der Waals surface area contributed by atoms with Crippen LogP contribution in [0.5, 0.6) is 0 Å². The number of nitrogens with one attached hydrogen (secondary N) is 1. The average Bonchev–Trinajstić information content (AvgIpc) is 3.02. The van der Waals surface area contributed by atoms with Crippen molar-refractivity contribution in [3.8, 4) is 0 Å². The Morgan fingerprint density at radius 1 is 1.45 bits per heavy atom. The Morgan fingerprint density at radius 3 is 2.90 bits per heavy atom. The Labute approximate surface area is 125 Å². The molecule has 0 fully saturated rings. The molecule has 0 aliphatic rings. The van der Waals surface area contributed by atoms with Crippen LogP contribution in [0.1, 0.15) is 10.7 Å². The lowest BCUT2D eigenvalue weighted by molar-refractivity contribution is 0.201. The lowest BCUT2D eigenvalue weighted by Gasteiger charge is -1.98. The third-order valence-electron chi connectivity index (χ3n) is 2.33. The molecule has 0 atom stereocenters. The van der Waals surface area contributed by atoms with Gasteiger partial charge in [0.05, 0.1) is 13.2 Å². The summed E-state index contributed by atoms with van der Waals surface area (Å²) in [6, 6.07) is 3.23. The summed E-state index contributed by atoms with van der Waals surface area (Å²) < 4.78 is 31.6. The monoisotopic (exact) mass is 334 g/mol. The van der Waals surface area contributed by atoms with Crippen molar-refractivity contribution in [2.75, 3.05) is 19.0 Å². The first kappa shape index (κ1) is 15.3. The second-order valence-corrected chi connectivity index (χ2v) is 7.59. The van der Waals surface area contributed by atoms with Crippen molar-refractivity contribution in [3.63, 3.8) is 0 Å². The van der Waals surface area contributed by atoms with Gasteiger partial charge < -0.3 is 10.1 Å². The van der Waals surface area contributed by atoms with Crippen LogP contribution in [0.15, 0.2) is 16.3 Å². The first-order chi connectivity index (χ1) is 9.49. The molecule has 2 aromatic rings. The molecular formula is C10H14N4O3S3. The average molecular weight is 334 g/mol. The molecular weight excluding hydrogens is 320 g/mol. The molecule has 7 nitrogen and oxygen atoms in total. The normalized spacial score (nSPS) is 11.7. The molecule has 2 aromatic heterocycles. The van der Waals surface area contributed by atoms with Crippen molar-refractivity contribution < 1.29 is 13.2 Å². The highest BCUT2D eigenvalue weighted by Crippen LogP contribution is 2.21. The molecule has 0 saturated carbocycles. The lowest BCUT2D eigenvalue weighted by Crippen LogP contribution is -2.09. The molecule has 0 aliphatic heterocycles. The number of nitrogens with zero attached hydrogens (tertiary/aromatic N) is 2. The summed E-state index contributed by atoms with van der Waals surface area (Å²) in [5, 5.41) is 8.85. The smallest absolute Gasteiger partial charge is 0.247 e. The van der Waals surface area contributed by atoms with Crippen LogP contribution in [-0.2, 0) is 27.7 Å². The second-order valence-electron chi connectivity index (χ2n) is 3.88. The minimum Gasteiger partial charge on any atom is -0.384 e. The van der Waals surface area contributed by atoms with Crippen molar-refractivity contribution in [3.05, 3.63) is 22.8 Å². The Balaban J connectivity index is 1.92. The van der Waals surface area contributed by atoms with Crippen LogP contribution in [0.3, 0.4) is 0 Å². The summed E-state index contributed by atoms with van der Waals surface area (Å²) in [4.78, 5) is 5.16. The first-order valence-electron chi connectivity index (χ1n) is 5.66. The Morgan fingerprint density at radius 2 is 2.25 bits per heavy atom. The summed E-state index contributed by atoms with van der Waals surface area (Å²) in [6.45, 7) is 1.07. The molecule has 3 N–H and O–H groups in total. The van der Waals surface area contributed by atoms with Gasteiger partial charge in [-0.1, -0.05) is 0 Å². The maximum Gasteiger partial charge on any atom is 0.247 e. The van der Waals surface area contributed by atoms with Gasteiger partial charge in [-0.25, -0.2) is 18.5 Å². The molecule has 0 aromatic carbocycles. The Kier molecular flexibility index (Phi) is 5.05. The quantitative estimate of drug-likeness (QED) is 0.783. The summed E-state index contributed by atoms with van der Waals surface area (Å²) in [5.41, 5.74) is 0. The van der Waals surface area contributed by atoms with Crippen molar-refractivity contribution in [1.82, 2.24) is 9.36 Å². The van der Waals surface area contributed by atoms with E-state index in [9.17, 15) is 8.42 Å². The van der Waals surface area contributed by atoms with Crippen LogP contribution in [0.25, 0.3) is 0 Å². The number of aromatic nitrogens is 2. The van der Waals surface area contributed by atoms with E-state index in [0.29, 0.717) is 24.7 Å². The molecule has 0 aliphatic carbocycles. The summed E-state index contributed by atoms with van der Waals surface area (Å²) in [5.74, 6) is 0.732. The van der Waals surface area contributed by atoms with Crippen LogP contribution >= 0.6 is 22.9 Å². The number of primary sulfonamides is 1. The number of ether oxygens (including phenoxy) is 1. The van der Waals surface area contributed by atoms with Crippen molar-refractivity contribution in [1.29, 1.82) is 0 Å². The van der Waals surface area contributed by atoms with Gasteiger partial charge in [0.2, 0.25) is 15.2 Å². The topological polar surface area (TPSA) is 107 Å². The van der Waals surface area contributed by atoms with Crippen LogP contribution in [0, 0.1) is 0 Å². The van der Waals surface area contributed by atoms with E-state index in [1.807, 2.05) is 0 Å². The zero-order valence-electron chi connectivity index (χ0n) is 10.7. The van der Waals surface area contributed by atoms with Gasteiger partial charge in [-0.2, -0.15) is 4.37 Å². The van der Waals surface area contributed by atoms with E-state index in [1.54, 1.807) is 13.2 Å². The zero-order chi connectivity index (χ0) is 14.6. The highest BCUT2D eigenvalue weighted by atomic mass is 32.2. The van der Waals surface area contributed by atoms with E-state index in [-0.39, 0.29) is 4.21 Å². The number of hydrogen-bond acceptors (Lipinski definition) is 8. The SMILES string of the molecule is COCCc1nsc(NCc2ccc(S(N)(=O)=O)s2)n1. The number of thiophene rings is 1. The molecule has 0 bridgehead atoms. The van der Waals surface area contributed by atoms with Crippen LogP contribution < -0.4 is 10.5 Å². The van der Waals surface area contributed by atoms with Crippen molar-refractivity contribution >= 4 is 38.0 Å². The fourth-order valence-corrected chi connectivity index (χ4v) is 3.71. The van der Waals surface area contributed by atoms with E-state index in [0.717, 1.165) is 22.0 Å². The molecule has 110 valence electrons. The van der Waals surface area contributed by atoms with Crippen molar-refractivity contribution in [2.45, 2.75) is 17.2 Å². The van der Waals surface area contributed by atoms with E-state index < -0.39 is 10.0 Å². The Bertz CT molecular complexity index is 665. The maximum atomic E-state index is 11.2. The van der Waals surface area contributed by atoms with Gasteiger partial charge in [-0.3, -0.25) is 0 Å². The summed E-state index contributed by atoms with van der Waals surface area (Å²) in [6.07, 6.45) is 0.670. The van der Waals surface area contributed by atoms with Gasteiger partial charge in [0.25, 0.3) is 0 Å². The third kappa shape index (κ3) is 4.21. The van der Waals surface area contributed by atoms with Gasteiger partial charge in [0, 0.05) is 29.9 Å². The Hall–Kier alpha value is -1.07. The highest BCUT2D eigenvalue weighted by Gasteiger charge is 2.11. The molecule has 10 heteroatoms. The minimum absolute atomic E-state index is 0.160. The lowest BCUT2D eigenvalue weighted by atomic mass is 10.4. The van der Waals surface area contributed by atoms with E-state index in [2.05, 4.69) is 14.7 Å². The van der Waals surface area contributed by atoms with Gasteiger partial charge in [-0.05, 0) is 12.1 Å². The molecule has 0 unspecified atom stereocenters. The standard InChI is InChI=1S/C10H14N4O3S3/c1-17-5-4-8-13-10(19-14-8)12-6-7-2-3-9(18-7)20(11,15)16/h2-3H,4-6H2,1H3,(H2,11,15,16)(H,12,13,14). The second kappa shape index (κ2) is 6.59. The van der Waals surface area contributed by atoms with Gasteiger partial charge in [-0.15, -0.1) is 11.3 Å². The molecule has 0 saturated heterocycles. The van der Waals surface area contributed by atoms with Crippen LogP contribution in [0.4, 0.5) is 5.13 Å². The molecule has 20 heavy (non-hydrogen) atoms. The molecule has 2 heterocycles. The van der Waals surface area contributed by atoms with Crippen LogP contribution in [-0.4, -0.2) is 31.5 Å². The predicted molar refractivity (Wildman–Crippen MR) is 78.5 cm³/mol. The summed E-state index contributed by atoms with van der Waals surface area (Å²) in [7, 11) is -1.99.